The predicted octanol–water partition coefficient (Wildman–Crippen LogP) is 3.62. The monoisotopic (exact) mass is 438 g/mol. The summed E-state index contributed by atoms with van der Waals surface area (Å²) in [6.07, 6.45) is 0.764. The quantitative estimate of drug-likeness (QED) is 0.625. The number of piperazine rings is 1. The first kappa shape index (κ1) is 20.2. The van der Waals surface area contributed by atoms with Gasteiger partial charge in [0.05, 0.1) is 4.90 Å². The predicted molar refractivity (Wildman–Crippen MR) is 117 cm³/mol. The van der Waals surface area contributed by atoms with Gasteiger partial charge in [-0.1, -0.05) is 42.5 Å². The fraction of sp³-hybridized carbons (Fsp3) is 0.292. The minimum atomic E-state index is -3.61. The lowest BCUT2D eigenvalue weighted by molar-refractivity contribution is -0.133. The summed E-state index contributed by atoms with van der Waals surface area (Å²) in [6.45, 7) is 1.35. The summed E-state index contributed by atoms with van der Waals surface area (Å²) in [6, 6.07) is 19.2. The van der Waals surface area contributed by atoms with Gasteiger partial charge in [-0.3, -0.25) is 4.79 Å². The fourth-order valence-electron chi connectivity index (χ4n) is 4.41. The normalized spacial score (nSPS) is 21.9. The second-order valence-electron chi connectivity index (χ2n) is 8.24. The molecule has 1 aliphatic carbocycles. The highest BCUT2D eigenvalue weighted by Crippen LogP contribution is 2.48. The van der Waals surface area contributed by atoms with E-state index in [-0.39, 0.29) is 41.5 Å². The van der Waals surface area contributed by atoms with Gasteiger partial charge >= 0.3 is 0 Å². The Labute approximate surface area is 181 Å². The van der Waals surface area contributed by atoms with Gasteiger partial charge < -0.3 is 4.90 Å². The third-order valence-electron chi connectivity index (χ3n) is 6.31. The number of carbonyl (C=O) groups is 1. The van der Waals surface area contributed by atoms with E-state index in [1.807, 2.05) is 30.3 Å². The van der Waals surface area contributed by atoms with Crippen molar-refractivity contribution >= 4 is 26.7 Å². The lowest BCUT2D eigenvalue weighted by atomic mass is 10.1. The first-order chi connectivity index (χ1) is 14.9. The maximum Gasteiger partial charge on any atom is 0.243 e. The van der Waals surface area contributed by atoms with Crippen molar-refractivity contribution < 1.29 is 17.6 Å². The molecule has 7 heteroatoms. The van der Waals surface area contributed by atoms with Crippen molar-refractivity contribution in [3.05, 3.63) is 78.1 Å². The SMILES string of the molecule is O=C(C1CC1c1ccc(F)cc1)N1CCN(S(=O)(=O)c2ccc3ccccc3c2)CC1. The fourth-order valence-corrected chi connectivity index (χ4v) is 5.86. The van der Waals surface area contributed by atoms with Gasteiger partial charge in [-0.15, -0.1) is 0 Å². The highest BCUT2D eigenvalue weighted by Gasteiger charge is 2.46. The molecule has 0 aromatic heterocycles. The molecule has 1 saturated carbocycles. The van der Waals surface area contributed by atoms with Crippen molar-refractivity contribution in [1.29, 1.82) is 0 Å². The van der Waals surface area contributed by atoms with Crippen molar-refractivity contribution in [3.63, 3.8) is 0 Å². The van der Waals surface area contributed by atoms with E-state index < -0.39 is 10.0 Å². The number of fused-ring (bicyclic) bond motifs is 1. The number of rotatable bonds is 4. The summed E-state index contributed by atoms with van der Waals surface area (Å²) in [4.78, 5) is 14.9. The molecule has 1 amide bonds. The van der Waals surface area contributed by atoms with Crippen LogP contribution in [0.15, 0.2) is 71.6 Å². The summed E-state index contributed by atoms with van der Waals surface area (Å²) in [5.41, 5.74) is 0.984. The Morgan fingerprint density at radius 2 is 1.55 bits per heavy atom. The van der Waals surface area contributed by atoms with Crippen molar-refractivity contribution in [2.75, 3.05) is 26.2 Å². The third-order valence-corrected chi connectivity index (χ3v) is 8.21. The van der Waals surface area contributed by atoms with Gasteiger partial charge in [-0.05, 0) is 52.9 Å². The number of hydrogen-bond donors (Lipinski definition) is 0. The van der Waals surface area contributed by atoms with Gasteiger partial charge in [0.2, 0.25) is 15.9 Å². The van der Waals surface area contributed by atoms with E-state index in [4.69, 9.17) is 0 Å². The molecular weight excluding hydrogens is 415 g/mol. The summed E-state index contributed by atoms with van der Waals surface area (Å²) in [7, 11) is -3.61. The van der Waals surface area contributed by atoms with Gasteiger partial charge in [0.1, 0.15) is 5.82 Å². The Balaban J connectivity index is 1.23. The van der Waals surface area contributed by atoms with Crippen LogP contribution < -0.4 is 0 Å². The first-order valence-electron chi connectivity index (χ1n) is 10.5. The molecule has 0 spiro atoms. The van der Waals surface area contributed by atoms with E-state index >= 15 is 0 Å². The molecule has 2 aliphatic rings. The van der Waals surface area contributed by atoms with Crippen LogP contribution in [0.1, 0.15) is 17.9 Å². The second kappa shape index (κ2) is 7.73. The van der Waals surface area contributed by atoms with Crippen LogP contribution in [0.3, 0.4) is 0 Å². The minimum absolute atomic E-state index is 0.0667. The Kier molecular flexibility index (Phi) is 5.02. The van der Waals surface area contributed by atoms with Crippen LogP contribution >= 0.6 is 0 Å². The number of halogens is 1. The average molecular weight is 439 g/mol. The van der Waals surface area contributed by atoms with Gasteiger partial charge in [0.25, 0.3) is 0 Å². The molecule has 3 aromatic rings. The zero-order valence-electron chi connectivity index (χ0n) is 16.9. The molecule has 1 heterocycles. The number of amides is 1. The van der Waals surface area contributed by atoms with E-state index in [1.54, 1.807) is 29.2 Å². The van der Waals surface area contributed by atoms with Crippen LogP contribution in [0.5, 0.6) is 0 Å². The second-order valence-corrected chi connectivity index (χ2v) is 10.2. The Hall–Kier alpha value is -2.77. The Morgan fingerprint density at radius 1 is 0.871 bits per heavy atom. The van der Waals surface area contributed by atoms with Crippen LogP contribution in [0.2, 0.25) is 0 Å². The molecule has 2 unspecified atom stereocenters. The molecule has 5 nitrogen and oxygen atoms in total. The maximum atomic E-state index is 13.1. The van der Waals surface area contributed by atoms with E-state index in [0.29, 0.717) is 13.1 Å². The highest BCUT2D eigenvalue weighted by molar-refractivity contribution is 7.89. The molecule has 0 bridgehead atoms. The molecule has 5 rings (SSSR count). The van der Waals surface area contributed by atoms with E-state index in [2.05, 4.69) is 0 Å². The Bertz CT molecular complexity index is 1240. The molecule has 3 aromatic carbocycles. The van der Waals surface area contributed by atoms with E-state index in [0.717, 1.165) is 22.8 Å². The minimum Gasteiger partial charge on any atom is -0.340 e. The summed E-state index contributed by atoms with van der Waals surface area (Å²) in [5.74, 6) is -0.172. The van der Waals surface area contributed by atoms with Crippen molar-refractivity contribution in [1.82, 2.24) is 9.21 Å². The molecule has 2 atom stereocenters. The van der Waals surface area contributed by atoms with Gasteiger partial charge in [-0.2, -0.15) is 4.31 Å². The number of sulfonamides is 1. The summed E-state index contributed by atoms with van der Waals surface area (Å²) < 4.78 is 40.8. The molecule has 2 fully saturated rings. The van der Waals surface area contributed by atoms with Gasteiger partial charge in [0.15, 0.2) is 0 Å². The topological polar surface area (TPSA) is 57.7 Å². The van der Waals surface area contributed by atoms with Crippen LogP contribution in [0.25, 0.3) is 10.8 Å². The maximum absolute atomic E-state index is 13.1. The molecule has 0 N–H and O–H groups in total. The zero-order chi connectivity index (χ0) is 21.6. The highest BCUT2D eigenvalue weighted by atomic mass is 32.2. The molecule has 1 saturated heterocycles. The van der Waals surface area contributed by atoms with Crippen LogP contribution in [0.4, 0.5) is 4.39 Å². The summed E-state index contributed by atoms with van der Waals surface area (Å²) in [5, 5.41) is 1.88. The molecular formula is C24H23FN2O3S. The number of nitrogens with zero attached hydrogens (tertiary/aromatic N) is 2. The standard InChI is InChI=1S/C24H23FN2O3S/c25-20-8-5-18(6-9-20)22-16-23(22)24(28)26-11-13-27(14-12-26)31(29,30)21-10-7-17-3-1-2-4-19(17)15-21/h1-10,15,22-23H,11-14,16H2. The van der Waals surface area contributed by atoms with E-state index in [1.165, 1.54) is 16.4 Å². The zero-order valence-corrected chi connectivity index (χ0v) is 17.8. The van der Waals surface area contributed by atoms with Crippen molar-refractivity contribution in [2.45, 2.75) is 17.2 Å². The summed E-state index contributed by atoms with van der Waals surface area (Å²) >= 11 is 0. The van der Waals surface area contributed by atoms with E-state index in [9.17, 15) is 17.6 Å². The van der Waals surface area contributed by atoms with Crippen LogP contribution in [-0.2, 0) is 14.8 Å². The third kappa shape index (κ3) is 3.83. The molecule has 1 aliphatic heterocycles. The van der Waals surface area contributed by atoms with Crippen LogP contribution in [-0.4, -0.2) is 49.7 Å². The lowest BCUT2D eigenvalue weighted by Gasteiger charge is -2.34. The van der Waals surface area contributed by atoms with Crippen molar-refractivity contribution in [2.24, 2.45) is 5.92 Å². The molecule has 31 heavy (non-hydrogen) atoms. The number of benzene rings is 3. The van der Waals surface area contributed by atoms with Gasteiger partial charge in [-0.25, -0.2) is 12.8 Å². The lowest BCUT2D eigenvalue weighted by Crippen LogP contribution is -2.51. The smallest absolute Gasteiger partial charge is 0.243 e. The number of hydrogen-bond acceptors (Lipinski definition) is 3. The largest absolute Gasteiger partial charge is 0.340 e. The first-order valence-corrected chi connectivity index (χ1v) is 11.9. The molecule has 0 radical (unpaired) electrons. The van der Waals surface area contributed by atoms with Crippen molar-refractivity contribution in [3.8, 4) is 0 Å². The number of carbonyl (C=O) groups excluding carboxylic acids is 1. The van der Waals surface area contributed by atoms with Gasteiger partial charge in [0, 0.05) is 32.1 Å². The van der Waals surface area contributed by atoms with Crippen LogP contribution in [0, 0.1) is 11.7 Å². The molecule has 160 valence electrons. The Morgan fingerprint density at radius 3 is 2.26 bits per heavy atom. The average Bonchev–Trinajstić information content (AvgIpc) is 3.60.